The van der Waals surface area contributed by atoms with E-state index in [1.165, 1.54) is 30.3 Å². The number of fused-ring (bicyclic) bond motifs is 2. The van der Waals surface area contributed by atoms with E-state index in [2.05, 4.69) is 0 Å². The minimum Gasteiger partial charge on any atom is -0.508 e. The molecule has 0 bridgehead atoms. The Balaban J connectivity index is 0.000000244. The maximum atomic E-state index is 12.7. The summed E-state index contributed by atoms with van der Waals surface area (Å²) in [6.07, 6.45) is -4.61. The number of hydrogen-bond acceptors (Lipinski definition) is 21. The van der Waals surface area contributed by atoms with Crippen LogP contribution >= 0.6 is 0 Å². The summed E-state index contributed by atoms with van der Waals surface area (Å²) in [4.78, 5) is 25.4. The molecule has 21 heteroatoms. The summed E-state index contributed by atoms with van der Waals surface area (Å²) in [7, 11) is 0. The first-order chi connectivity index (χ1) is 30.7. The lowest BCUT2D eigenvalue weighted by Crippen LogP contribution is -2.34. The van der Waals surface area contributed by atoms with Crippen molar-refractivity contribution in [1.82, 2.24) is 0 Å². The van der Waals surface area contributed by atoms with Crippen LogP contribution < -0.4 is 9.47 Å². The molecule has 0 unspecified atom stereocenters. The van der Waals surface area contributed by atoms with Crippen molar-refractivity contribution in [3.63, 3.8) is 0 Å². The summed E-state index contributed by atoms with van der Waals surface area (Å²) in [6, 6.07) is 14.2. The molecule has 0 saturated heterocycles. The molecule has 0 amide bonds. The van der Waals surface area contributed by atoms with E-state index < -0.39 is 93.8 Å². The Morgan fingerprint density at radius 1 is 0.403 bits per heavy atom. The number of phenolic OH excluding ortho intramolecular Hbond substituents is 15. The second kappa shape index (κ2) is 18.9. The molecule has 2 aliphatic heterocycles. The molecule has 67 heavy (non-hydrogen) atoms. The second-order valence-electron chi connectivity index (χ2n) is 14.6. The van der Waals surface area contributed by atoms with Crippen molar-refractivity contribution in [1.29, 1.82) is 0 Å². The van der Waals surface area contributed by atoms with Crippen LogP contribution in [0.1, 0.15) is 70.0 Å². The van der Waals surface area contributed by atoms with Crippen LogP contribution in [0, 0.1) is 0 Å². The summed E-state index contributed by atoms with van der Waals surface area (Å²) >= 11 is 0. The minimum absolute atomic E-state index is 0. The molecule has 0 fully saturated rings. The first kappa shape index (κ1) is 48.9. The van der Waals surface area contributed by atoms with E-state index in [9.17, 15) is 86.2 Å². The summed E-state index contributed by atoms with van der Waals surface area (Å²) < 4.78 is 22.7. The molecular weight excluding hydrogens is 888 g/mol. The molecule has 6 aromatic carbocycles. The summed E-state index contributed by atoms with van der Waals surface area (Å²) in [5, 5.41) is 146. The second-order valence-corrected chi connectivity index (χ2v) is 14.6. The highest BCUT2D eigenvalue weighted by Crippen LogP contribution is 2.47. The Hall–Kier alpha value is -9.14. The molecule has 0 spiro atoms. The van der Waals surface area contributed by atoms with Gasteiger partial charge in [0.25, 0.3) is 0 Å². The highest BCUT2D eigenvalue weighted by atomic mass is 16.6. The number of carbonyl (C=O) groups excluding carboxylic acids is 2. The zero-order chi connectivity index (χ0) is 47.2. The molecule has 354 valence electrons. The normalized spacial score (nSPS) is 16.7. The van der Waals surface area contributed by atoms with E-state index in [0.29, 0.717) is 5.56 Å². The van der Waals surface area contributed by atoms with E-state index >= 15 is 0 Å². The van der Waals surface area contributed by atoms with Gasteiger partial charge in [-0.05, 0) is 48.5 Å². The van der Waals surface area contributed by atoms with Gasteiger partial charge in [-0.1, -0.05) is 20.9 Å². The SMILES string of the molecule is C.C.O=C(O[C@@H]1Cc2c(O)cc(O)cc2O[C@@H]1c1cc(O)c(O)c(O)c1)c1cc(O)c(O)c(O)c1.O=C(O[C@@H]1Cc2c(O)cc(O)cc2O[C@@H]1c1ccc(O)c(O)c1)c1cc(O)c(O)c(O)c1. The van der Waals surface area contributed by atoms with Crippen LogP contribution in [0.4, 0.5) is 0 Å². The number of benzene rings is 6. The van der Waals surface area contributed by atoms with Gasteiger partial charge < -0.3 is 95.5 Å². The van der Waals surface area contributed by atoms with E-state index in [1.807, 2.05) is 0 Å². The van der Waals surface area contributed by atoms with Crippen molar-refractivity contribution >= 4 is 11.9 Å². The molecule has 2 heterocycles. The van der Waals surface area contributed by atoms with Gasteiger partial charge in [-0.2, -0.15) is 0 Å². The molecule has 0 aromatic heterocycles. The lowest BCUT2D eigenvalue weighted by molar-refractivity contribution is -0.0192. The van der Waals surface area contributed by atoms with Crippen LogP contribution in [0.5, 0.6) is 97.7 Å². The first-order valence-corrected chi connectivity index (χ1v) is 18.8. The van der Waals surface area contributed by atoms with Crippen LogP contribution in [-0.4, -0.2) is 101 Å². The summed E-state index contributed by atoms with van der Waals surface area (Å²) in [5.41, 5.74) is 0.305. The van der Waals surface area contributed by atoms with Crippen LogP contribution in [0.3, 0.4) is 0 Å². The molecular formula is C46H44O21. The van der Waals surface area contributed by atoms with Gasteiger partial charge in [-0.25, -0.2) is 9.59 Å². The van der Waals surface area contributed by atoms with Gasteiger partial charge in [0.15, 0.2) is 75.5 Å². The number of hydrogen-bond donors (Lipinski definition) is 15. The topological polar surface area (TPSA) is 375 Å². The number of phenols is 15. The van der Waals surface area contributed by atoms with Gasteiger partial charge in [-0.15, -0.1) is 0 Å². The van der Waals surface area contributed by atoms with Crippen molar-refractivity contribution < 1.29 is 105 Å². The number of esters is 2. The predicted octanol–water partition coefficient (Wildman–Crippen LogP) is 6.03. The van der Waals surface area contributed by atoms with Crippen LogP contribution in [0.25, 0.3) is 0 Å². The number of aromatic hydroxyl groups is 15. The number of ether oxygens (including phenoxy) is 4. The highest BCUT2D eigenvalue weighted by molar-refractivity contribution is 5.92. The highest BCUT2D eigenvalue weighted by Gasteiger charge is 2.39. The monoisotopic (exact) mass is 932 g/mol. The average Bonchev–Trinajstić information content (AvgIpc) is 3.24. The zero-order valence-electron chi connectivity index (χ0n) is 32.9. The molecule has 2 aliphatic rings. The van der Waals surface area contributed by atoms with Crippen molar-refractivity contribution in [2.24, 2.45) is 0 Å². The van der Waals surface area contributed by atoms with E-state index in [-0.39, 0.29) is 95.8 Å². The third-order valence-corrected chi connectivity index (χ3v) is 10.2. The fourth-order valence-electron chi connectivity index (χ4n) is 7.03. The van der Waals surface area contributed by atoms with Crippen molar-refractivity contribution in [3.05, 3.63) is 112 Å². The molecule has 6 aromatic rings. The van der Waals surface area contributed by atoms with Crippen LogP contribution in [-0.2, 0) is 22.3 Å². The minimum atomic E-state index is -1.18. The van der Waals surface area contributed by atoms with Crippen molar-refractivity contribution in [2.75, 3.05) is 0 Å². The van der Waals surface area contributed by atoms with Crippen molar-refractivity contribution in [3.8, 4) is 97.7 Å². The Kier molecular flexibility index (Phi) is 13.8. The molecule has 21 nitrogen and oxygen atoms in total. The molecule has 4 atom stereocenters. The third-order valence-electron chi connectivity index (χ3n) is 10.2. The van der Waals surface area contributed by atoms with Crippen LogP contribution in [0.2, 0.25) is 0 Å². The molecule has 8 rings (SSSR count). The maximum absolute atomic E-state index is 12.7. The number of rotatable bonds is 6. The Labute approximate surface area is 378 Å². The van der Waals surface area contributed by atoms with E-state index in [0.717, 1.165) is 48.5 Å². The summed E-state index contributed by atoms with van der Waals surface area (Å²) in [5.74, 6) is -10.5. The smallest absolute Gasteiger partial charge is 0.338 e. The summed E-state index contributed by atoms with van der Waals surface area (Å²) in [6.45, 7) is 0. The fourth-order valence-corrected chi connectivity index (χ4v) is 7.03. The van der Waals surface area contributed by atoms with E-state index in [1.54, 1.807) is 0 Å². The fraction of sp³-hybridized carbons (Fsp3) is 0.174. The molecule has 0 saturated carbocycles. The first-order valence-electron chi connectivity index (χ1n) is 18.8. The number of carbonyl (C=O) groups is 2. The van der Waals surface area contributed by atoms with Gasteiger partial charge in [0, 0.05) is 59.4 Å². The van der Waals surface area contributed by atoms with Gasteiger partial charge in [-0.3, -0.25) is 0 Å². The van der Waals surface area contributed by atoms with Gasteiger partial charge in [0.1, 0.15) is 46.7 Å². The average molecular weight is 933 g/mol. The Morgan fingerprint density at radius 2 is 0.746 bits per heavy atom. The van der Waals surface area contributed by atoms with Gasteiger partial charge in [0.05, 0.1) is 11.1 Å². The molecule has 0 aliphatic carbocycles. The van der Waals surface area contributed by atoms with Crippen LogP contribution in [0.15, 0.2) is 78.9 Å². The molecule has 0 radical (unpaired) electrons. The van der Waals surface area contributed by atoms with Gasteiger partial charge >= 0.3 is 11.9 Å². The largest absolute Gasteiger partial charge is 0.508 e. The molecule has 15 N–H and O–H groups in total. The van der Waals surface area contributed by atoms with E-state index in [4.69, 9.17) is 18.9 Å². The zero-order valence-corrected chi connectivity index (χ0v) is 32.9. The quantitative estimate of drug-likeness (QED) is 0.0669. The van der Waals surface area contributed by atoms with Crippen molar-refractivity contribution in [2.45, 2.75) is 52.1 Å². The lowest BCUT2D eigenvalue weighted by atomic mass is 9.93. The lowest BCUT2D eigenvalue weighted by Gasteiger charge is -2.34. The Morgan fingerprint density at radius 3 is 1.12 bits per heavy atom. The third kappa shape index (κ3) is 9.84. The van der Waals surface area contributed by atoms with Gasteiger partial charge in [0.2, 0.25) is 0 Å². The maximum Gasteiger partial charge on any atom is 0.338 e. The standard InChI is InChI=1S/C22H18O11.C22H18O10.2CH4/c23-10-5-12(24)11-7-18(33-22(31)9-3-15(27)20(30)16(28)4-9)21(32-17(11)6-10)8-1-13(25)19(29)14(26)2-8;23-11-6-14(25)12-8-19(32-22(30)10-4-16(27)20(29)17(28)5-10)21(31-18(12)7-11)9-1-2-13(24)15(26)3-9;;/h1-6,18,21,23-30H,7H2;1-7,19,21,23-29H,8H2;2*1H4/t18-,21-;19-,21-;;/m11../s1. The Bertz CT molecular complexity index is 2810. The predicted molar refractivity (Wildman–Crippen MR) is 230 cm³/mol.